The normalized spacial score (nSPS) is 13.7. The van der Waals surface area contributed by atoms with Crippen LogP contribution in [0.3, 0.4) is 0 Å². The Balaban J connectivity index is 1.16. The number of aromatic nitrogens is 2. The van der Waals surface area contributed by atoms with Crippen molar-refractivity contribution in [2.24, 2.45) is 11.8 Å². The summed E-state index contributed by atoms with van der Waals surface area (Å²) in [6.45, 7) is 6.54. The fraction of sp³-hybridized carbons (Fsp3) is 0.250. The second kappa shape index (κ2) is 14.1. The molecular weight excluding hydrogens is 652 g/mol. The SMILES string of the molecule is CC(C)(C)c1ccc(C(=O)C[C@@H](Cc2ccc(-c3ncc(-c4ccc(-c5cccc(C#N)c5)cc4F)cn3)cc2)C(=O)N2CC(C(=O)O)C2)s1. The number of carbonyl (C=O) groups excluding carboxylic acids is 2. The highest BCUT2D eigenvalue weighted by Crippen LogP contribution is 2.32. The third-order valence-electron chi connectivity index (χ3n) is 8.89. The molecule has 3 heterocycles. The summed E-state index contributed by atoms with van der Waals surface area (Å²) in [6, 6.07) is 25.2. The van der Waals surface area contributed by atoms with Crippen LogP contribution in [-0.2, 0) is 21.4 Å². The molecule has 1 atom stereocenters. The summed E-state index contributed by atoms with van der Waals surface area (Å²) >= 11 is 1.44. The monoisotopic (exact) mass is 686 g/mol. The summed E-state index contributed by atoms with van der Waals surface area (Å²) < 4.78 is 15.2. The molecular formula is C40H35FN4O4S. The summed E-state index contributed by atoms with van der Waals surface area (Å²) in [5, 5.41) is 18.5. The van der Waals surface area contributed by atoms with Crippen molar-refractivity contribution in [2.45, 2.75) is 39.0 Å². The third-order valence-corrected chi connectivity index (χ3v) is 10.4. The largest absolute Gasteiger partial charge is 0.481 e. The van der Waals surface area contributed by atoms with Crippen molar-refractivity contribution in [3.63, 3.8) is 0 Å². The molecule has 0 aliphatic carbocycles. The number of nitrogens with zero attached hydrogens (tertiary/aromatic N) is 4. The number of hydrogen-bond acceptors (Lipinski definition) is 7. The zero-order valence-corrected chi connectivity index (χ0v) is 28.7. The number of aliphatic carboxylic acids is 1. The molecule has 6 rings (SSSR count). The molecule has 0 unspecified atom stereocenters. The number of likely N-dealkylation sites (tertiary alicyclic amines) is 1. The number of carboxylic acid groups (broad SMARTS) is 1. The maximum Gasteiger partial charge on any atom is 0.310 e. The van der Waals surface area contributed by atoms with E-state index in [2.05, 4.69) is 36.8 Å². The predicted octanol–water partition coefficient (Wildman–Crippen LogP) is 7.82. The molecule has 0 saturated carbocycles. The number of thiophene rings is 1. The molecule has 5 aromatic rings. The van der Waals surface area contributed by atoms with Gasteiger partial charge in [-0.25, -0.2) is 14.4 Å². The first-order chi connectivity index (χ1) is 23.9. The van der Waals surface area contributed by atoms with E-state index in [9.17, 15) is 24.8 Å². The Kier molecular flexibility index (Phi) is 9.71. The van der Waals surface area contributed by atoms with Crippen LogP contribution < -0.4 is 0 Å². The van der Waals surface area contributed by atoms with E-state index in [-0.39, 0.29) is 36.6 Å². The lowest BCUT2D eigenvalue weighted by Gasteiger charge is -2.38. The van der Waals surface area contributed by atoms with Gasteiger partial charge in [-0.2, -0.15) is 5.26 Å². The molecule has 0 radical (unpaired) electrons. The van der Waals surface area contributed by atoms with E-state index in [0.717, 1.165) is 21.6 Å². The molecule has 1 fully saturated rings. The van der Waals surface area contributed by atoms with E-state index < -0.39 is 23.6 Å². The molecule has 1 aliphatic heterocycles. The number of carbonyl (C=O) groups is 3. The summed E-state index contributed by atoms with van der Waals surface area (Å²) in [5.41, 5.74) is 4.25. The van der Waals surface area contributed by atoms with Crippen LogP contribution in [0.5, 0.6) is 0 Å². The second-order valence-electron chi connectivity index (χ2n) is 13.6. The molecule has 8 nitrogen and oxygen atoms in total. The quantitative estimate of drug-likeness (QED) is 0.149. The van der Waals surface area contributed by atoms with Gasteiger partial charge in [0.05, 0.1) is 22.4 Å². The standard InChI is InChI=1S/C40H35FN4O4S/c1-40(2,3)36-14-13-35(50-36)34(46)18-29(38(47)45-22-31(23-45)39(48)49)15-24-7-9-26(10-8-24)37-43-20-30(21-44-37)32-12-11-28(17-33(32)41)27-6-4-5-25(16-27)19-42/h4-14,16-17,20-21,29,31H,15,18,22-23H2,1-3H3,(H,48,49)/t29-/m1/s1. The van der Waals surface area contributed by atoms with Crippen molar-refractivity contribution in [2.75, 3.05) is 13.1 Å². The van der Waals surface area contributed by atoms with Gasteiger partial charge in [-0.1, -0.05) is 69.3 Å². The highest BCUT2D eigenvalue weighted by atomic mass is 32.1. The Morgan fingerprint density at radius 1 is 0.940 bits per heavy atom. The van der Waals surface area contributed by atoms with Gasteiger partial charge in [-0.3, -0.25) is 14.4 Å². The molecule has 252 valence electrons. The minimum atomic E-state index is -0.928. The summed E-state index contributed by atoms with van der Waals surface area (Å²) in [7, 11) is 0. The molecule has 3 aromatic carbocycles. The first-order valence-corrected chi connectivity index (χ1v) is 17.1. The van der Waals surface area contributed by atoms with Crippen molar-refractivity contribution >= 4 is 29.0 Å². The molecule has 1 saturated heterocycles. The zero-order chi connectivity index (χ0) is 35.6. The minimum Gasteiger partial charge on any atom is -0.481 e. The topological polar surface area (TPSA) is 124 Å². The van der Waals surface area contributed by atoms with E-state index in [1.807, 2.05) is 42.5 Å². The van der Waals surface area contributed by atoms with Crippen LogP contribution in [0.15, 0.2) is 91.3 Å². The summed E-state index contributed by atoms with van der Waals surface area (Å²) in [5.74, 6) is -2.47. The third kappa shape index (κ3) is 7.53. The lowest BCUT2D eigenvalue weighted by Crippen LogP contribution is -2.55. The van der Waals surface area contributed by atoms with Gasteiger partial charge < -0.3 is 10.0 Å². The van der Waals surface area contributed by atoms with E-state index >= 15 is 4.39 Å². The Hall–Kier alpha value is -5.53. The highest BCUT2D eigenvalue weighted by Gasteiger charge is 2.39. The van der Waals surface area contributed by atoms with Crippen LogP contribution in [-0.4, -0.2) is 50.7 Å². The lowest BCUT2D eigenvalue weighted by atomic mass is 9.89. The zero-order valence-electron chi connectivity index (χ0n) is 27.9. The number of carboxylic acids is 1. The molecule has 1 N–H and O–H groups in total. The molecule has 2 aromatic heterocycles. The molecule has 50 heavy (non-hydrogen) atoms. The Morgan fingerprint density at radius 3 is 2.24 bits per heavy atom. The van der Waals surface area contributed by atoms with E-state index in [1.165, 1.54) is 22.3 Å². The minimum absolute atomic E-state index is 0.0211. The molecule has 1 aliphatic rings. The van der Waals surface area contributed by atoms with Crippen LogP contribution in [0.25, 0.3) is 33.6 Å². The van der Waals surface area contributed by atoms with Crippen molar-refractivity contribution in [1.82, 2.24) is 14.9 Å². The van der Waals surface area contributed by atoms with Crippen molar-refractivity contribution < 1.29 is 23.9 Å². The van der Waals surface area contributed by atoms with Crippen LogP contribution in [0.1, 0.15) is 52.9 Å². The van der Waals surface area contributed by atoms with Crippen molar-refractivity contribution in [3.8, 4) is 39.7 Å². The van der Waals surface area contributed by atoms with E-state index in [1.54, 1.807) is 42.7 Å². The summed E-state index contributed by atoms with van der Waals surface area (Å²) in [6.07, 6.45) is 3.47. The average Bonchev–Trinajstić information content (AvgIpc) is 3.59. The number of rotatable bonds is 10. The van der Waals surface area contributed by atoms with Crippen molar-refractivity contribution in [3.05, 3.63) is 118 Å². The maximum atomic E-state index is 15.2. The van der Waals surface area contributed by atoms with Gasteiger partial charge in [0.15, 0.2) is 11.6 Å². The molecule has 10 heteroatoms. The number of benzene rings is 3. The number of halogens is 1. The van der Waals surface area contributed by atoms with Crippen LogP contribution >= 0.6 is 11.3 Å². The van der Waals surface area contributed by atoms with E-state index in [4.69, 9.17) is 0 Å². The Morgan fingerprint density at radius 2 is 1.62 bits per heavy atom. The lowest BCUT2D eigenvalue weighted by molar-refractivity contribution is -0.154. The number of amides is 1. The van der Waals surface area contributed by atoms with E-state index in [0.29, 0.717) is 39.4 Å². The smallest absolute Gasteiger partial charge is 0.310 e. The van der Waals surface area contributed by atoms with Gasteiger partial charge in [0.1, 0.15) is 5.82 Å². The maximum absolute atomic E-state index is 15.2. The number of hydrogen-bond donors (Lipinski definition) is 1. The van der Waals surface area contributed by atoms with Crippen molar-refractivity contribution in [1.29, 1.82) is 5.26 Å². The predicted molar refractivity (Wildman–Crippen MR) is 190 cm³/mol. The number of Topliss-reactive ketones (excluding diaryl/α,β-unsaturated/α-hetero) is 1. The fourth-order valence-electron chi connectivity index (χ4n) is 5.92. The first-order valence-electron chi connectivity index (χ1n) is 16.3. The van der Waals surface area contributed by atoms with Crippen LogP contribution in [0.4, 0.5) is 4.39 Å². The Bertz CT molecular complexity index is 2110. The summed E-state index contributed by atoms with van der Waals surface area (Å²) in [4.78, 5) is 50.5. The molecule has 1 amide bonds. The van der Waals surface area contributed by atoms with Crippen LogP contribution in [0.2, 0.25) is 0 Å². The first kappa shape index (κ1) is 34.3. The second-order valence-corrected chi connectivity index (χ2v) is 14.7. The number of nitriles is 1. The fourth-order valence-corrected chi connectivity index (χ4v) is 6.94. The van der Waals surface area contributed by atoms with Gasteiger partial charge in [-0.15, -0.1) is 11.3 Å². The Labute approximate surface area is 293 Å². The van der Waals surface area contributed by atoms with Gasteiger partial charge in [0.2, 0.25) is 5.91 Å². The number of ketones is 1. The average molecular weight is 687 g/mol. The van der Waals surface area contributed by atoms with Gasteiger partial charge in [-0.05, 0) is 58.9 Å². The van der Waals surface area contributed by atoms with Gasteiger partial charge in [0.25, 0.3) is 0 Å². The van der Waals surface area contributed by atoms with Crippen LogP contribution in [0, 0.1) is 29.0 Å². The van der Waals surface area contributed by atoms with Gasteiger partial charge >= 0.3 is 5.97 Å². The van der Waals surface area contributed by atoms with Gasteiger partial charge in [0, 0.05) is 59.4 Å². The highest BCUT2D eigenvalue weighted by molar-refractivity contribution is 7.14. The molecule has 0 bridgehead atoms. The molecule has 0 spiro atoms.